The molecule has 45 heavy (non-hydrogen) atoms. The van der Waals surface area contributed by atoms with Gasteiger partial charge < -0.3 is 0 Å². The van der Waals surface area contributed by atoms with E-state index in [1.54, 1.807) is 0 Å². The fraction of sp³-hybridized carbons (Fsp3) is 0.538. The van der Waals surface area contributed by atoms with E-state index in [0.717, 1.165) is 19.3 Å². The monoisotopic (exact) mass is 714 g/mol. The summed E-state index contributed by atoms with van der Waals surface area (Å²) in [5.74, 6) is 0. The van der Waals surface area contributed by atoms with E-state index in [-0.39, 0.29) is 0 Å². The molecule has 0 aromatic heterocycles. The van der Waals surface area contributed by atoms with Gasteiger partial charge in [-0.2, -0.15) is 0 Å². The summed E-state index contributed by atoms with van der Waals surface area (Å²) >= 11 is 12.2. The molecule has 0 nitrogen and oxygen atoms in total. The number of thioether (sulfide) groups is 6. The van der Waals surface area contributed by atoms with Gasteiger partial charge >= 0.3 is 0 Å². The van der Waals surface area contributed by atoms with Crippen molar-refractivity contribution in [1.29, 1.82) is 0 Å². The maximum Gasteiger partial charge on any atom is 0.0214 e. The molecule has 3 aromatic carbocycles. The first-order valence-electron chi connectivity index (χ1n) is 16.7. The molecule has 6 heteroatoms. The molecule has 3 aromatic rings. The molecule has 0 saturated carbocycles. The van der Waals surface area contributed by atoms with Crippen LogP contribution in [0.5, 0.6) is 0 Å². The molecule has 0 radical (unpaired) electrons. The lowest BCUT2D eigenvalue weighted by molar-refractivity contribution is 1.01. The first-order valence-corrected chi connectivity index (χ1v) is 21.9. The minimum Gasteiger partial charge on any atom is -0.122 e. The average molecular weight is 715 g/mol. The molecule has 1 aliphatic carbocycles. The second kappa shape index (κ2) is 16.9. The van der Waals surface area contributed by atoms with Crippen LogP contribution in [0, 0.1) is 0 Å². The summed E-state index contributed by atoms with van der Waals surface area (Å²) in [6.07, 6.45) is 2.99. The molecular formula is C39H54S6. The smallest absolute Gasteiger partial charge is 0.0214 e. The Hall–Kier alpha value is -0.240. The summed E-state index contributed by atoms with van der Waals surface area (Å²) in [6, 6.07) is 15.4. The molecule has 246 valence electrons. The fourth-order valence-corrected chi connectivity index (χ4v) is 11.8. The van der Waals surface area contributed by atoms with Crippen LogP contribution < -0.4 is 0 Å². The van der Waals surface area contributed by atoms with E-state index in [1.165, 1.54) is 62.8 Å². The molecule has 4 rings (SSSR count). The lowest BCUT2D eigenvalue weighted by atomic mass is 9.95. The molecule has 0 N–H and O–H groups in total. The predicted molar refractivity (Wildman–Crippen MR) is 214 cm³/mol. The Balaban J connectivity index is 2.01. The van der Waals surface area contributed by atoms with Gasteiger partial charge in [0.1, 0.15) is 0 Å². The van der Waals surface area contributed by atoms with Gasteiger partial charge in [0, 0.05) is 60.9 Å². The Morgan fingerprint density at radius 3 is 0.533 bits per heavy atom. The van der Waals surface area contributed by atoms with Crippen molar-refractivity contribution in [3.63, 3.8) is 0 Å². The van der Waals surface area contributed by atoms with E-state index < -0.39 is 0 Å². The summed E-state index contributed by atoms with van der Waals surface area (Å²) in [4.78, 5) is 8.71. The highest BCUT2D eigenvalue weighted by Crippen LogP contribution is 2.44. The summed E-state index contributed by atoms with van der Waals surface area (Å²) in [7, 11) is 0. The summed E-state index contributed by atoms with van der Waals surface area (Å²) in [6.45, 7) is 27.9. The highest BCUT2D eigenvalue weighted by atomic mass is 32.2. The van der Waals surface area contributed by atoms with Crippen LogP contribution in [0.2, 0.25) is 0 Å². The number of fused-ring (bicyclic) bond motifs is 3. The number of hydrogen-bond donors (Lipinski definition) is 0. The van der Waals surface area contributed by atoms with E-state index in [9.17, 15) is 0 Å². The van der Waals surface area contributed by atoms with Gasteiger partial charge in [-0.3, -0.25) is 0 Å². The van der Waals surface area contributed by atoms with Crippen molar-refractivity contribution in [2.24, 2.45) is 0 Å². The maximum absolute atomic E-state index is 2.57. The normalized spacial score (nSPS) is 13.5. The van der Waals surface area contributed by atoms with Crippen LogP contribution in [-0.4, -0.2) is 31.5 Å². The van der Waals surface area contributed by atoms with Gasteiger partial charge in [-0.25, -0.2) is 0 Å². The predicted octanol–water partition coefficient (Wildman–Crippen LogP) is 13.8. The highest BCUT2D eigenvalue weighted by Gasteiger charge is 2.23. The van der Waals surface area contributed by atoms with Crippen molar-refractivity contribution in [3.8, 4) is 0 Å². The minimum absolute atomic E-state index is 0.552. The summed E-state index contributed by atoms with van der Waals surface area (Å²) in [5.41, 5.74) is 9.02. The van der Waals surface area contributed by atoms with Crippen molar-refractivity contribution >= 4 is 70.6 Å². The van der Waals surface area contributed by atoms with Crippen LogP contribution in [0.1, 0.15) is 116 Å². The molecule has 1 aliphatic rings. The molecule has 0 fully saturated rings. The van der Waals surface area contributed by atoms with Crippen molar-refractivity contribution < 1.29 is 0 Å². The van der Waals surface area contributed by atoms with Gasteiger partial charge in [0.05, 0.1) is 0 Å². The van der Waals surface area contributed by atoms with Gasteiger partial charge in [-0.15, -0.1) is 70.6 Å². The Morgan fingerprint density at radius 1 is 0.289 bits per heavy atom. The zero-order chi connectivity index (χ0) is 33.0. The zero-order valence-electron chi connectivity index (χ0n) is 29.5. The second-order valence-corrected chi connectivity index (χ2v) is 23.4. The van der Waals surface area contributed by atoms with Gasteiger partial charge in [0.2, 0.25) is 0 Å². The van der Waals surface area contributed by atoms with Crippen LogP contribution >= 0.6 is 70.6 Å². The molecule has 0 amide bonds. The number of benzene rings is 3. The Kier molecular flexibility index (Phi) is 14.1. The molecule has 0 unspecified atom stereocenters. The summed E-state index contributed by atoms with van der Waals surface area (Å²) < 4.78 is 0. The third-order valence-electron chi connectivity index (χ3n) is 7.12. The Morgan fingerprint density at radius 2 is 0.422 bits per heavy atom. The minimum atomic E-state index is 0.552. The standard InChI is InChI=1S/C39H54S6/c1-22(2)40-34-16-28-13-30-18-36(42-24(5)6)38(44-26(9)10)20-32(30)15-33-21-39(45-27(11)12)37(43-25(7)8)19-31(33)14-29(28)17-35(34)41-23(3)4/h16-27H,13-15H2,1-12H3. The van der Waals surface area contributed by atoms with Gasteiger partial charge in [-0.05, 0) is 89.0 Å². The third-order valence-corrected chi connectivity index (χ3v) is 13.9. The quantitative estimate of drug-likeness (QED) is 0.133. The van der Waals surface area contributed by atoms with Gasteiger partial charge in [-0.1, -0.05) is 83.1 Å². The zero-order valence-corrected chi connectivity index (χ0v) is 34.4. The van der Waals surface area contributed by atoms with Crippen molar-refractivity contribution in [1.82, 2.24) is 0 Å². The fourth-order valence-electron chi connectivity index (χ4n) is 5.61. The van der Waals surface area contributed by atoms with E-state index in [4.69, 9.17) is 0 Å². The SMILES string of the molecule is CC(C)Sc1cc2c(cc1SC(C)C)Cc1cc(SC(C)C)c(SC(C)C)cc1Cc1cc(SC(C)C)c(SC(C)C)cc1C2. The Labute approximate surface area is 301 Å². The van der Waals surface area contributed by atoms with Crippen LogP contribution in [0.15, 0.2) is 65.8 Å². The lowest BCUT2D eigenvalue weighted by Gasteiger charge is -2.20. The van der Waals surface area contributed by atoms with E-state index in [1.807, 2.05) is 70.6 Å². The molecular weight excluding hydrogens is 661 g/mol. The molecule has 0 heterocycles. The van der Waals surface area contributed by atoms with Crippen LogP contribution in [0.3, 0.4) is 0 Å². The average Bonchev–Trinajstić information content (AvgIpc) is 2.94. The van der Waals surface area contributed by atoms with E-state index in [0.29, 0.717) is 31.5 Å². The largest absolute Gasteiger partial charge is 0.122 e. The lowest BCUT2D eigenvalue weighted by Crippen LogP contribution is -2.03. The molecule has 0 spiro atoms. The van der Waals surface area contributed by atoms with Crippen LogP contribution in [0.4, 0.5) is 0 Å². The Bertz CT molecular complexity index is 1170. The molecule has 0 aliphatic heterocycles. The van der Waals surface area contributed by atoms with E-state index >= 15 is 0 Å². The maximum atomic E-state index is 2.57. The molecule has 0 atom stereocenters. The number of hydrogen-bond acceptors (Lipinski definition) is 6. The van der Waals surface area contributed by atoms with Gasteiger partial charge in [0.25, 0.3) is 0 Å². The summed E-state index contributed by atoms with van der Waals surface area (Å²) in [5, 5.41) is 3.31. The van der Waals surface area contributed by atoms with Crippen LogP contribution in [0.25, 0.3) is 0 Å². The van der Waals surface area contributed by atoms with Crippen molar-refractivity contribution in [2.75, 3.05) is 0 Å². The first-order chi connectivity index (χ1) is 21.2. The second-order valence-electron chi connectivity index (χ2n) is 13.7. The first kappa shape index (κ1) is 37.6. The van der Waals surface area contributed by atoms with Gasteiger partial charge in [0.15, 0.2) is 0 Å². The van der Waals surface area contributed by atoms with Crippen LogP contribution in [-0.2, 0) is 19.3 Å². The highest BCUT2D eigenvalue weighted by molar-refractivity contribution is 8.03. The molecule has 0 bridgehead atoms. The van der Waals surface area contributed by atoms with Crippen molar-refractivity contribution in [3.05, 3.63) is 69.8 Å². The number of rotatable bonds is 12. The molecule has 0 saturated heterocycles. The van der Waals surface area contributed by atoms with E-state index in [2.05, 4.69) is 119 Å². The topological polar surface area (TPSA) is 0 Å². The third kappa shape index (κ3) is 10.9. The van der Waals surface area contributed by atoms with Crippen molar-refractivity contribution in [2.45, 2.75) is 163 Å².